The molecule has 0 aliphatic heterocycles. The number of carboxylic acid groups (broad SMARTS) is 1. The molecule has 2 N–H and O–H groups in total. The van der Waals surface area contributed by atoms with Gasteiger partial charge in [0.2, 0.25) is 0 Å². The molecule has 5 heteroatoms. The Balaban J connectivity index is 2.31. The molecule has 21 heavy (non-hydrogen) atoms. The highest BCUT2D eigenvalue weighted by Gasteiger charge is 2.18. The first-order valence-electron chi connectivity index (χ1n) is 6.38. The molecule has 0 aliphatic rings. The molecule has 0 aliphatic carbocycles. The molecule has 0 atom stereocenters. The smallest absolute Gasteiger partial charge is 0.338 e. The zero-order chi connectivity index (χ0) is 14.6. The fourth-order valence-electron chi connectivity index (χ4n) is 2.71. The van der Waals surface area contributed by atoms with E-state index < -0.39 is 5.97 Å². The largest absolute Gasteiger partial charge is 0.478 e. The summed E-state index contributed by atoms with van der Waals surface area (Å²) in [5.41, 5.74) is 2.86. The summed E-state index contributed by atoms with van der Waals surface area (Å²) in [7, 11) is 0. The number of aromatic amines is 1. The number of pyridine rings is 1. The quantitative estimate of drug-likeness (QED) is 0.552. The van der Waals surface area contributed by atoms with Gasteiger partial charge in [0.15, 0.2) is 0 Å². The van der Waals surface area contributed by atoms with Crippen molar-refractivity contribution in [3.8, 4) is 0 Å². The van der Waals surface area contributed by atoms with E-state index >= 15 is 0 Å². The minimum atomic E-state index is -0.976. The van der Waals surface area contributed by atoms with Crippen LogP contribution in [0.5, 0.6) is 0 Å². The van der Waals surface area contributed by atoms with E-state index in [1.165, 1.54) is 0 Å². The fraction of sp³-hybridized carbons (Fsp3) is 0. The Bertz CT molecular complexity index is 1040. The maximum Gasteiger partial charge on any atom is 0.338 e. The molecule has 0 fully saturated rings. The van der Waals surface area contributed by atoms with Crippen molar-refractivity contribution in [2.75, 3.05) is 0 Å². The van der Waals surface area contributed by atoms with E-state index in [1.54, 1.807) is 18.2 Å². The van der Waals surface area contributed by atoms with Crippen molar-refractivity contribution in [1.29, 1.82) is 0 Å². The highest BCUT2D eigenvalue weighted by atomic mass is 35.5. The third-order valence-electron chi connectivity index (χ3n) is 3.60. The Morgan fingerprint density at radius 3 is 2.76 bits per heavy atom. The number of nitrogens with one attached hydrogen (secondary N) is 1. The summed E-state index contributed by atoms with van der Waals surface area (Å²) in [6, 6.07) is 12.6. The molecule has 102 valence electrons. The number of benzene rings is 2. The Morgan fingerprint density at radius 2 is 1.95 bits per heavy atom. The van der Waals surface area contributed by atoms with Gasteiger partial charge in [-0.3, -0.25) is 0 Å². The minimum Gasteiger partial charge on any atom is -0.478 e. The minimum absolute atomic E-state index is 0.239. The average molecular weight is 297 g/mol. The van der Waals surface area contributed by atoms with Crippen LogP contribution in [-0.4, -0.2) is 21.0 Å². The molecule has 4 nitrogen and oxygen atoms in total. The zero-order valence-corrected chi connectivity index (χ0v) is 11.5. The first kappa shape index (κ1) is 12.2. The van der Waals surface area contributed by atoms with Gasteiger partial charge in [0, 0.05) is 21.3 Å². The zero-order valence-electron chi connectivity index (χ0n) is 10.7. The van der Waals surface area contributed by atoms with E-state index in [9.17, 15) is 9.90 Å². The number of aromatic nitrogens is 2. The maximum absolute atomic E-state index is 11.7. The third-order valence-corrected chi connectivity index (χ3v) is 3.84. The molecule has 0 radical (unpaired) electrons. The number of hydrogen-bond donors (Lipinski definition) is 2. The number of nitrogens with zero attached hydrogens (tertiary/aromatic N) is 1. The van der Waals surface area contributed by atoms with Gasteiger partial charge in [-0.2, -0.15) is 0 Å². The van der Waals surface area contributed by atoms with Crippen LogP contribution < -0.4 is 0 Å². The van der Waals surface area contributed by atoms with E-state index in [1.807, 2.05) is 24.3 Å². The standard InChI is InChI=1S/C16H9ClN2O2/c17-8-5-6-10-12(7-8)19-15-13(16(20)21)9-3-1-2-4-11(9)18-14(10)15/h1-7,19H,(H,20,21). The molecule has 0 amide bonds. The summed E-state index contributed by atoms with van der Waals surface area (Å²) in [6.45, 7) is 0. The Hall–Kier alpha value is -2.59. The normalized spacial score (nSPS) is 11.5. The topological polar surface area (TPSA) is 66.0 Å². The number of hydrogen-bond acceptors (Lipinski definition) is 2. The second kappa shape index (κ2) is 4.20. The summed E-state index contributed by atoms with van der Waals surface area (Å²) in [4.78, 5) is 19.4. The summed E-state index contributed by atoms with van der Waals surface area (Å²) in [6.07, 6.45) is 0. The first-order valence-corrected chi connectivity index (χ1v) is 6.76. The molecular formula is C16H9ClN2O2. The number of aromatic carboxylic acids is 1. The number of para-hydroxylation sites is 1. The lowest BCUT2D eigenvalue weighted by atomic mass is 10.1. The van der Waals surface area contributed by atoms with Gasteiger partial charge < -0.3 is 10.1 Å². The number of halogens is 1. The highest BCUT2D eigenvalue weighted by molar-refractivity contribution is 6.31. The van der Waals surface area contributed by atoms with E-state index in [0.717, 1.165) is 10.9 Å². The maximum atomic E-state index is 11.7. The third kappa shape index (κ3) is 1.69. The van der Waals surface area contributed by atoms with Crippen molar-refractivity contribution in [3.05, 3.63) is 53.1 Å². The molecule has 4 rings (SSSR count). The van der Waals surface area contributed by atoms with Gasteiger partial charge in [-0.15, -0.1) is 0 Å². The number of carboxylic acids is 1. The lowest BCUT2D eigenvalue weighted by molar-refractivity contribution is 0.0701. The Labute approximate surface area is 124 Å². The van der Waals surface area contributed by atoms with Gasteiger partial charge in [0.1, 0.15) is 0 Å². The summed E-state index contributed by atoms with van der Waals surface area (Å²) in [5.74, 6) is -0.976. The van der Waals surface area contributed by atoms with E-state index in [0.29, 0.717) is 27.0 Å². The molecule has 2 heterocycles. The summed E-state index contributed by atoms with van der Waals surface area (Å²) < 4.78 is 0. The van der Waals surface area contributed by atoms with Crippen molar-refractivity contribution in [2.45, 2.75) is 0 Å². The number of rotatable bonds is 1. The van der Waals surface area contributed by atoms with Crippen LogP contribution in [0.4, 0.5) is 0 Å². The van der Waals surface area contributed by atoms with Crippen molar-refractivity contribution in [2.24, 2.45) is 0 Å². The van der Waals surface area contributed by atoms with E-state index in [2.05, 4.69) is 9.97 Å². The lowest BCUT2D eigenvalue weighted by Gasteiger charge is -2.03. The summed E-state index contributed by atoms with van der Waals surface area (Å²) >= 11 is 6.00. The van der Waals surface area contributed by atoms with Crippen molar-refractivity contribution in [3.63, 3.8) is 0 Å². The molecule has 0 bridgehead atoms. The molecule has 0 unspecified atom stereocenters. The van der Waals surface area contributed by atoms with Gasteiger partial charge in [-0.1, -0.05) is 29.8 Å². The predicted octanol–water partition coefficient (Wildman–Crippen LogP) is 4.22. The molecule has 0 saturated carbocycles. The Kier molecular flexibility index (Phi) is 2.43. The van der Waals surface area contributed by atoms with Gasteiger partial charge in [-0.05, 0) is 24.3 Å². The van der Waals surface area contributed by atoms with Crippen molar-refractivity contribution >= 4 is 50.4 Å². The second-order valence-electron chi connectivity index (χ2n) is 4.85. The van der Waals surface area contributed by atoms with Crippen LogP contribution in [0.25, 0.3) is 32.8 Å². The van der Waals surface area contributed by atoms with Gasteiger partial charge in [0.05, 0.1) is 22.1 Å². The SMILES string of the molecule is O=C(O)c1c2ccccc2nc2c1[nH]c1cc(Cl)ccc12. The van der Waals surface area contributed by atoms with Gasteiger partial charge in [0.25, 0.3) is 0 Å². The van der Waals surface area contributed by atoms with Gasteiger partial charge in [-0.25, -0.2) is 9.78 Å². The van der Waals surface area contributed by atoms with Crippen LogP contribution in [0.1, 0.15) is 10.4 Å². The predicted molar refractivity (Wildman–Crippen MR) is 83.1 cm³/mol. The number of carbonyl (C=O) groups is 1. The molecule has 4 aromatic rings. The van der Waals surface area contributed by atoms with Gasteiger partial charge >= 0.3 is 5.97 Å². The average Bonchev–Trinajstić information content (AvgIpc) is 2.80. The van der Waals surface area contributed by atoms with Crippen molar-refractivity contribution < 1.29 is 9.90 Å². The van der Waals surface area contributed by atoms with Crippen LogP contribution in [-0.2, 0) is 0 Å². The lowest BCUT2D eigenvalue weighted by Crippen LogP contribution is -2.00. The van der Waals surface area contributed by atoms with Crippen LogP contribution in [0.3, 0.4) is 0 Å². The number of fused-ring (bicyclic) bond motifs is 4. The fourth-order valence-corrected chi connectivity index (χ4v) is 2.88. The molecular weight excluding hydrogens is 288 g/mol. The van der Waals surface area contributed by atoms with Crippen LogP contribution in [0.15, 0.2) is 42.5 Å². The first-order chi connectivity index (χ1) is 10.1. The van der Waals surface area contributed by atoms with E-state index in [4.69, 9.17) is 11.6 Å². The van der Waals surface area contributed by atoms with E-state index in [-0.39, 0.29) is 5.56 Å². The molecule has 2 aromatic carbocycles. The molecule has 2 aromatic heterocycles. The van der Waals surface area contributed by atoms with Crippen LogP contribution in [0, 0.1) is 0 Å². The van der Waals surface area contributed by atoms with Crippen molar-refractivity contribution in [1.82, 2.24) is 9.97 Å². The van der Waals surface area contributed by atoms with Crippen LogP contribution >= 0.6 is 11.6 Å². The summed E-state index contributed by atoms with van der Waals surface area (Å²) in [5, 5.41) is 11.7. The molecule has 0 saturated heterocycles. The highest BCUT2D eigenvalue weighted by Crippen LogP contribution is 2.32. The van der Waals surface area contributed by atoms with Crippen LogP contribution in [0.2, 0.25) is 5.02 Å². The molecule has 0 spiro atoms. The second-order valence-corrected chi connectivity index (χ2v) is 5.28. The Morgan fingerprint density at radius 1 is 1.14 bits per heavy atom. The monoisotopic (exact) mass is 296 g/mol. The number of H-pyrrole nitrogens is 1.